The van der Waals surface area contributed by atoms with Crippen LogP contribution >= 0.6 is 0 Å². The molecule has 0 rings (SSSR count). The van der Waals surface area contributed by atoms with Crippen molar-refractivity contribution in [1.29, 1.82) is 0 Å². The largest absolute Gasteiger partial charge is 0.520 e. The van der Waals surface area contributed by atoms with E-state index in [-0.39, 0.29) is 0 Å². The molecule has 16 heavy (non-hydrogen) atoms. The zero-order valence-corrected chi connectivity index (χ0v) is 12.9. The third-order valence-electron chi connectivity index (χ3n) is 1.79. The number of hydrogen-bond acceptors (Lipinski definition) is 3. The molecule has 0 amide bonds. The number of hydrogen-bond donors (Lipinski definition) is 0. The van der Waals surface area contributed by atoms with Gasteiger partial charge in [-0.15, -0.1) is 0 Å². The Hall–Kier alpha value is -0.483. The van der Waals surface area contributed by atoms with Crippen LogP contribution in [0.3, 0.4) is 0 Å². The standard InChI is InChI=1S/C12H27NO2Si/c1-11(2)12(15-16(5,6)7)14-10-8-9-13(3)4/h8-10H2,1-7H3. The van der Waals surface area contributed by atoms with Crippen molar-refractivity contribution < 1.29 is 9.16 Å². The number of ether oxygens (including phenoxy) is 1. The fourth-order valence-electron chi connectivity index (χ4n) is 1.10. The van der Waals surface area contributed by atoms with Crippen LogP contribution in [0.1, 0.15) is 20.3 Å². The summed E-state index contributed by atoms with van der Waals surface area (Å²) in [5, 5.41) is 0. The Labute approximate surface area is 102 Å². The first-order valence-corrected chi connectivity index (χ1v) is 9.27. The summed E-state index contributed by atoms with van der Waals surface area (Å²) >= 11 is 0. The quantitative estimate of drug-likeness (QED) is 0.391. The molecule has 0 saturated carbocycles. The molecule has 0 N–H and O–H groups in total. The van der Waals surface area contributed by atoms with E-state index in [1.165, 1.54) is 0 Å². The van der Waals surface area contributed by atoms with Crippen LogP contribution < -0.4 is 0 Å². The lowest BCUT2D eigenvalue weighted by molar-refractivity contribution is 0.0934. The lowest BCUT2D eigenvalue weighted by Gasteiger charge is -2.23. The molecule has 0 aliphatic heterocycles. The van der Waals surface area contributed by atoms with Gasteiger partial charge in [0.1, 0.15) is 0 Å². The van der Waals surface area contributed by atoms with Gasteiger partial charge in [-0.25, -0.2) is 0 Å². The second-order valence-corrected chi connectivity index (χ2v) is 9.94. The third-order valence-corrected chi connectivity index (χ3v) is 2.59. The molecule has 0 bridgehead atoms. The first-order valence-electron chi connectivity index (χ1n) is 5.86. The van der Waals surface area contributed by atoms with Gasteiger partial charge in [0, 0.05) is 12.1 Å². The van der Waals surface area contributed by atoms with Crippen LogP contribution in [0.2, 0.25) is 19.6 Å². The lowest BCUT2D eigenvalue weighted by atomic mass is 10.4. The van der Waals surface area contributed by atoms with Crippen LogP contribution in [-0.2, 0) is 9.16 Å². The number of allylic oxidation sites excluding steroid dienone is 1. The average molecular weight is 245 g/mol. The highest BCUT2D eigenvalue weighted by Gasteiger charge is 2.19. The summed E-state index contributed by atoms with van der Waals surface area (Å²) in [5.41, 5.74) is 1.12. The molecule has 0 aliphatic rings. The summed E-state index contributed by atoms with van der Waals surface area (Å²) in [7, 11) is 2.58. The number of nitrogens with zero attached hydrogens (tertiary/aromatic N) is 1. The van der Waals surface area contributed by atoms with Crippen molar-refractivity contribution in [2.75, 3.05) is 27.2 Å². The van der Waals surface area contributed by atoms with E-state index in [0.29, 0.717) is 0 Å². The van der Waals surface area contributed by atoms with Crippen molar-refractivity contribution in [2.45, 2.75) is 39.9 Å². The van der Waals surface area contributed by atoms with Crippen LogP contribution in [-0.4, -0.2) is 40.5 Å². The van der Waals surface area contributed by atoms with Crippen molar-refractivity contribution in [3.63, 3.8) is 0 Å². The summed E-state index contributed by atoms with van der Waals surface area (Å²) in [4.78, 5) is 2.16. The smallest absolute Gasteiger partial charge is 0.263 e. The first kappa shape index (κ1) is 15.5. The molecule has 0 spiro atoms. The number of rotatable bonds is 7. The maximum absolute atomic E-state index is 5.89. The van der Waals surface area contributed by atoms with Gasteiger partial charge in [0.25, 0.3) is 5.95 Å². The van der Waals surface area contributed by atoms with Crippen LogP contribution in [0, 0.1) is 0 Å². The second-order valence-electron chi connectivity index (χ2n) is 5.51. The van der Waals surface area contributed by atoms with Gasteiger partial charge in [-0.3, -0.25) is 0 Å². The Morgan fingerprint density at radius 1 is 1.12 bits per heavy atom. The van der Waals surface area contributed by atoms with E-state index in [2.05, 4.69) is 38.6 Å². The molecule has 0 unspecified atom stereocenters. The predicted octanol–water partition coefficient (Wildman–Crippen LogP) is 3.06. The molecule has 0 radical (unpaired) electrons. The van der Waals surface area contributed by atoms with Gasteiger partial charge in [0.05, 0.1) is 6.61 Å². The Bertz CT molecular complexity index is 228. The molecular weight excluding hydrogens is 218 g/mol. The van der Waals surface area contributed by atoms with Crippen molar-refractivity contribution in [3.05, 3.63) is 11.5 Å². The molecule has 0 saturated heterocycles. The van der Waals surface area contributed by atoms with E-state index >= 15 is 0 Å². The molecule has 96 valence electrons. The van der Waals surface area contributed by atoms with E-state index in [1.54, 1.807) is 0 Å². The van der Waals surface area contributed by atoms with Crippen molar-refractivity contribution in [2.24, 2.45) is 0 Å². The van der Waals surface area contributed by atoms with Gasteiger partial charge in [0.15, 0.2) is 0 Å². The van der Waals surface area contributed by atoms with Gasteiger partial charge >= 0.3 is 0 Å². The maximum Gasteiger partial charge on any atom is 0.263 e. The SMILES string of the molecule is CC(C)=C(OCCCN(C)C)O[Si](C)(C)C. The lowest BCUT2D eigenvalue weighted by Crippen LogP contribution is -2.26. The maximum atomic E-state index is 5.89. The topological polar surface area (TPSA) is 21.7 Å². The van der Waals surface area contributed by atoms with E-state index in [1.807, 2.05) is 13.8 Å². The highest BCUT2D eigenvalue weighted by atomic mass is 28.4. The monoisotopic (exact) mass is 245 g/mol. The molecule has 4 heteroatoms. The van der Waals surface area contributed by atoms with Gasteiger partial charge in [-0.05, 0) is 54.0 Å². The van der Waals surface area contributed by atoms with Crippen molar-refractivity contribution in [3.8, 4) is 0 Å². The van der Waals surface area contributed by atoms with E-state index < -0.39 is 8.32 Å². The van der Waals surface area contributed by atoms with Crippen LogP contribution in [0.25, 0.3) is 0 Å². The molecule has 3 nitrogen and oxygen atoms in total. The fourth-order valence-corrected chi connectivity index (χ4v) is 1.92. The van der Waals surface area contributed by atoms with E-state index in [4.69, 9.17) is 9.16 Å². The summed E-state index contributed by atoms with van der Waals surface area (Å²) < 4.78 is 11.6. The zero-order valence-electron chi connectivity index (χ0n) is 11.9. The Morgan fingerprint density at radius 2 is 1.69 bits per heavy atom. The van der Waals surface area contributed by atoms with Gasteiger partial charge in [-0.1, -0.05) is 0 Å². The van der Waals surface area contributed by atoms with E-state index in [9.17, 15) is 0 Å². The van der Waals surface area contributed by atoms with Crippen molar-refractivity contribution >= 4 is 8.32 Å². The van der Waals surface area contributed by atoms with Crippen LogP contribution in [0.4, 0.5) is 0 Å². The molecule has 0 atom stereocenters. The Morgan fingerprint density at radius 3 is 2.06 bits per heavy atom. The Balaban J connectivity index is 4.04. The van der Waals surface area contributed by atoms with E-state index in [0.717, 1.165) is 31.1 Å². The summed E-state index contributed by atoms with van der Waals surface area (Å²) in [6.07, 6.45) is 1.03. The minimum Gasteiger partial charge on any atom is -0.520 e. The first-order chi connectivity index (χ1) is 7.22. The fraction of sp³-hybridized carbons (Fsp3) is 0.833. The molecule has 0 aromatic carbocycles. The summed E-state index contributed by atoms with van der Waals surface area (Å²) in [6.45, 7) is 12.3. The highest BCUT2D eigenvalue weighted by molar-refractivity contribution is 6.70. The molecule has 0 aromatic heterocycles. The molecule has 0 aromatic rings. The summed E-state index contributed by atoms with van der Waals surface area (Å²) in [6, 6.07) is 0. The van der Waals surface area contributed by atoms with Crippen molar-refractivity contribution in [1.82, 2.24) is 4.90 Å². The minimum atomic E-state index is -1.56. The third kappa shape index (κ3) is 8.80. The van der Waals surface area contributed by atoms with Crippen LogP contribution in [0.15, 0.2) is 11.5 Å². The van der Waals surface area contributed by atoms with Gasteiger partial charge in [-0.2, -0.15) is 0 Å². The van der Waals surface area contributed by atoms with Gasteiger partial charge in [0.2, 0.25) is 8.32 Å². The van der Waals surface area contributed by atoms with Gasteiger partial charge < -0.3 is 14.1 Å². The normalized spacial score (nSPS) is 11.5. The van der Waals surface area contributed by atoms with Crippen LogP contribution in [0.5, 0.6) is 0 Å². The minimum absolute atomic E-state index is 0.725. The molecule has 0 heterocycles. The predicted molar refractivity (Wildman–Crippen MR) is 71.9 cm³/mol. The molecule has 0 fully saturated rings. The molecule has 0 aliphatic carbocycles. The zero-order chi connectivity index (χ0) is 12.8. The second kappa shape index (κ2) is 6.96. The molecular formula is C12H27NO2Si. The average Bonchev–Trinajstić information content (AvgIpc) is 2.07. The highest BCUT2D eigenvalue weighted by Crippen LogP contribution is 2.15. The summed E-state index contributed by atoms with van der Waals surface area (Å²) in [5.74, 6) is 0.734. The Kier molecular flexibility index (Phi) is 6.75.